The number of aryl methyl sites for hydroxylation is 1. The fourth-order valence-electron chi connectivity index (χ4n) is 6.88. The smallest absolute Gasteiger partial charge is 0.326 e. The first-order valence-electron chi connectivity index (χ1n) is 21.8. The summed E-state index contributed by atoms with van der Waals surface area (Å²) in [5.74, 6) is -4.81. The number of amides is 1. The molecule has 0 radical (unpaired) electrons. The topological polar surface area (TPSA) is 278 Å². The summed E-state index contributed by atoms with van der Waals surface area (Å²) in [6.45, 7) is 8.05. The highest BCUT2D eigenvalue weighted by molar-refractivity contribution is 5.83. The second-order valence-corrected chi connectivity index (χ2v) is 15.4. The van der Waals surface area contributed by atoms with E-state index in [-0.39, 0.29) is 98.0 Å². The summed E-state index contributed by atoms with van der Waals surface area (Å²) < 4.78 is 27.1. The van der Waals surface area contributed by atoms with Crippen LogP contribution >= 0.6 is 0 Å². The Hall–Kier alpha value is -4.13. The average molecular weight is 914 g/mol. The van der Waals surface area contributed by atoms with Crippen LogP contribution < -0.4 is 5.32 Å². The molecule has 1 aliphatic rings. The molecule has 1 aromatic carbocycles. The lowest BCUT2D eigenvalue weighted by Gasteiger charge is -2.38. The lowest BCUT2D eigenvalue weighted by Crippen LogP contribution is -2.53. The summed E-state index contributed by atoms with van der Waals surface area (Å²) >= 11 is 0. The van der Waals surface area contributed by atoms with Crippen molar-refractivity contribution in [1.82, 2.24) is 24.9 Å². The van der Waals surface area contributed by atoms with Crippen molar-refractivity contribution in [2.45, 2.75) is 56.9 Å². The van der Waals surface area contributed by atoms with E-state index in [0.29, 0.717) is 72.1 Å². The van der Waals surface area contributed by atoms with Gasteiger partial charge in [-0.3, -0.25) is 38.8 Å². The summed E-state index contributed by atoms with van der Waals surface area (Å²) in [6.07, 6.45) is 2.43. The van der Waals surface area contributed by atoms with Gasteiger partial charge in [0.2, 0.25) is 5.91 Å². The molecule has 0 aliphatic carbocycles. The van der Waals surface area contributed by atoms with Crippen molar-refractivity contribution in [3.8, 4) is 0 Å². The molecule has 1 heterocycles. The van der Waals surface area contributed by atoms with E-state index in [1.165, 1.54) is 0 Å². The standard InChI is InChI=1S/C43H71N5O16/c1-2-3-18-60-20-22-62-24-26-64-27-25-63-23-21-61-19-11-38(49)44-37(43(58)59)6-4-5-34-7-9-35(10-8-34)28-36-29-47(32-41(54)55)15-14-45(30-39(50)51)12-13-46(31-40(52)53)16-17-48(36)33-42(56)57/h2,7-10,36-37,41,54-55H,1,3-6,11-33H2,(H,44,49)(H,50,51)(H,52,53)(H,56,57)(H,58,59)/t36-,37-/m0/s1. The van der Waals surface area contributed by atoms with E-state index in [2.05, 4.69) is 11.9 Å². The fraction of sp³-hybridized carbons (Fsp3) is 0.698. The molecule has 64 heavy (non-hydrogen) atoms. The van der Waals surface area contributed by atoms with Crippen LogP contribution in [-0.2, 0) is 60.5 Å². The molecule has 1 aromatic rings. The monoisotopic (exact) mass is 913 g/mol. The van der Waals surface area contributed by atoms with Crippen LogP contribution in [0, 0.1) is 0 Å². The second kappa shape index (κ2) is 34.3. The molecule has 364 valence electrons. The van der Waals surface area contributed by atoms with Crippen LogP contribution in [0.2, 0.25) is 0 Å². The fourth-order valence-corrected chi connectivity index (χ4v) is 6.88. The summed E-state index contributed by atoms with van der Waals surface area (Å²) in [4.78, 5) is 66.6. The number of carboxylic acids is 4. The number of hydrogen-bond acceptors (Lipinski definition) is 16. The number of carbonyl (C=O) groups excluding carboxylic acids is 1. The van der Waals surface area contributed by atoms with Crippen LogP contribution in [0.25, 0.3) is 0 Å². The van der Waals surface area contributed by atoms with Crippen molar-refractivity contribution >= 4 is 29.8 Å². The van der Waals surface area contributed by atoms with Crippen LogP contribution in [0.1, 0.15) is 36.8 Å². The maximum Gasteiger partial charge on any atom is 0.326 e. The SMILES string of the molecule is C=CCCOCCOCCOCCOCCOCCC(=O)N[C@@H](CCCc1ccc(C[C@H]2CN(CC(O)O)CCN(CC(=O)O)CCN(CC(=O)O)CCN2CC(=O)O)cc1)C(=O)O. The van der Waals surface area contributed by atoms with E-state index in [0.717, 1.165) is 17.5 Å². The Balaban J connectivity index is 1.86. The molecule has 2 rings (SSSR count). The minimum atomic E-state index is -1.70. The minimum Gasteiger partial charge on any atom is -0.480 e. The Morgan fingerprint density at radius 3 is 1.61 bits per heavy atom. The van der Waals surface area contributed by atoms with Gasteiger partial charge < -0.3 is 59.6 Å². The highest BCUT2D eigenvalue weighted by Crippen LogP contribution is 2.16. The molecule has 1 saturated heterocycles. The highest BCUT2D eigenvalue weighted by atomic mass is 16.6. The highest BCUT2D eigenvalue weighted by Gasteiger charge is 2.27. The molecule has 21 nitrogen and oxygen atoms in total. The van der Waals surface area contributed by atoms with Gasteiger partial charge in [-0.05, 0) is 43.2 Å². The van der Waals surface area contributed by atoms with Crippen LogP contribution in [0.5, 0.6) is 0 Å². The molecule has 1 amide bonds. The maximum absolute atomic E-state index is 12.5. The summed E-state index contributed by atoms with van der Waals surface area (Å²) in [5, 5.41) is 61.0. The number of hydrogen-bond donors (Lipinski definition) is 7. The van der Waals surface area contributed by atoms with Gasteiger partial charge in [-0.1, -0.05) is 30.3 Å². The largest absolute Gasteiger partial charge is 0.480 e. The van der Waals surface area contributed by atoms with Crippen molar-refractivity contribution in [1.29, 1.82) is 0 Å². The van der Waals surface area contributed by atoms with E-state index in [9.17, 15) is 54.6 Å². The lowest BCUT2D eigenvalue weighted by atomic mass is 9.99. The third-order valence-electron chi connectivity index (χ3n) is 10.1. The average Bonchev–Trinajstić information content (AvgIpc) is 3.22. The number of aliphatic hydroxyl groups excluding tert-OH is 1. The molecule has 2 atom stereocenters. The van der Waals surface area contributed by atoms with Gasteiger partial charge in [-0.15, -0.1) is 6.58 Å². The third-order valence-corrected chi connectivity index (χ3v) is 10.1. The van der Waals surface area contributed by atoms with Crippen LogP contribution in [0.15, 0.2) is 36.9 Å². The van der Waals surface area contributed by atoms with E-state index < -0.39 is 48.2 Å². The molecule has 0 spiro atoms. The predicted octanol–water partition coefficient (Wildman–Crippen LogP) is -0.675. The number of aliphatic hydroxyl groups is 2. The van der Waals surface area contributed by atoms with Crippen LogP contribution in [-0.4, -0.2) is 236 Å². The first-order valence-corrected chi connectivity index (χ1v) is 21.8. The molecule has 21 heteroatoms. The molecular formula is C43H71N5O16. The Morgan fingerprint density at radius 1 is 0.656 bits per heavy atom. The van der Waals surface area contributed by atoms with Crippen molar-refractivity contribution in [2.75, 3.05) is 138 Å². The summed E-state index contributed by atoms with van der Waals surface area (Å²) in [7, 11) is 0. The van der Waals surface area contributed by atoms with Gasteiger partial charge in [0.15, 0.2) is 6.29 Å². The lowest BCUT2D eigenvalue weighted by molar-refractivity contribution is -0.142. The third kappa shape index (κ3) is 27.9. The molecule has 0 saturated carbocycles. The number of aliphatic carboxylic acids is 4. The van der Waals surface area contributed by atoms with E-state index >= 15 is 0 Å². The van der Waals surface area contributed by atoms with Crippen molar-refractivity contribution in [2.24, 2.45) is 0 Å². The quantitative estimate of drug-likeness (QED) is 0.0256. The van der Waals surface area contributed by atoms with Gasteiger partial charge in [0.1, 0.15) is 6.04 Å². The number of carbonyl (C=O) groups is 5. The number of benzene rings is 1. The zero-order valence-corrected chi connectivity index (χ0v) is 37.0. The number of β-amino-alcohol motifs (C(OH)–C–C–N with tert-alkyl or cyclic N) is 2. The predicted molar refractivity (Wildman–Crippen MR) is 232 cm³/mol. The second-order valence-electron chi connectivity index (χ2n) is 15.4. The zero-order valence-electron chi connectivity index (χ0n) is 37.0. The van der Waals surface area contributed by atoms with Gasteiger partial charge in [0.05, 0.1) is 85.7 Å². The first-order chi connectivity index (χ1) is 30.7. The summed E-state index contributed by atoms with van der Waals surface area (Å²) in [5.41, 5.74) is 1.77. The zero-order chi connectivity index (χ0) is 47.0. The molecule has 7 N–H and O–H groups in total. The van der Waals surface area contributed by atoms with Crippen LogP contribution in [0.4, 0.5) is 0 Å². The van der Waals surface area contributed by atoms with Crippen molar-refractivity contribution in [3.05, 3.63) is 48.0 Å². The van der Waals surface area contributed by atoms with Crippen molar-refractivity contribution < 1.29 is 78.3 Å². The number of carboxylic acid groups (broad SMARTS) is 4. The van der Waals surface area contributed by atoms with Gasteiger partial charge in [0, 0.05) is 64.8 Å². The van der Waals surface area contributed by atoms with Crippen molar-refractivity contribution in [3.63, 3.8) is 0 Å². The van der Waals surface area contributed by atoms with E-state index in [1.807, 2.05) is 24.3 Å². The molecule has 0 bridgehead atoms. The van der Waals surface area contributed by atoms with Gasteiger partial charge in [-0.25, -0.2) is 4.79 Å². The Labute approximate surface area is 375 Å². The van der Waals surface area contributed by atoms with Gasteiger partial charge in [0.25, 0.3) is 0 Å². The first kappa shape index (κ1) is 56.0. The number of nitrogens with one attached hydrogen (secondary N) is 1. The Kier molecular flexibility index (Phi) is 30.0. The molecular weight excluding hydrogens is 842 g/mol. The van der Waals surface area contributed by atoms with Gasteiger partial charge in [-0.2, -0.15) is 0 Å². The Morgan fingerprint density at radius 2 is 1.12 bits per heavy atom. The van der Waals surface area contributed by atoms with Crippen LogP contribution in [0.3, 0.4) is 0 Å². The summed E-state index contributed by atoms with van der Waals surface area (Å²) in [6, 6.07) is 6.01. The van der Waals surface area contributed by atoms with E-state index in [4.69, 9.17) is 23.7 Å². The van der Waals surface area contributed by atoms with Gasteiger partial charge >= 0.3 is 23.9 Å². The molecule has 0 aromatic heterocycles. The molecule has 1 fully saturated rings. The maximum atomic E-state index is 12.5. The number of ether oxygens (including phenoxy) is 5. The van der Waals surface area contributed by atoms with E-state index in [1.54, 1.807) is 25.7 Å². The number of nitrogens with zero attached hydrogens (tertiary/aromatic N) is 4. The molecule has 1 aliphatic heterocycles. The minimum absolute atomic E-state index is 0.0133. The number of rotatable bonds is 34. The normalized spacial score (nSPS) is 16.8. The molecule has 0 unspecified atom stereocenters. The Bertz CT molecular complexity index is 1490.